The van der Waals surface area contributed by atoms with Crippen LogP contribution in [0.5, 0.6) is 5.75 Å². The molecule has 0 bridgehead atoms. The largest absolute Gasteiger partial charge is 0.490 e. The van der Waals surface area contributed by atoms with Gasteiger partial charge in [-0.3, -0.25) is 0 Å². The summed E-state index contributed by atoms with van der Waals surface area (Å²) in [6.07, 6.45) is 2.06. The molecule has 0 radical (unpaired) electrons. The number of para-hydroxylation sites is 1. The fourth-order valence-electron chi connectivity index (χ4n) is 2.13. The Morgan fingerprint density at radius 3 is 2.71 bits per heavy atom. The molecule has 1 atom stereocenters. The molecule has 0 amide bonds. The lowest BCUT2D eigenvalue weighted by molar-refractivity contribution is -0.0125. The number of nitrogens with one attached hydrogen (secondary N) is 1. The maximum atomic E-state index is 9.90. The molecule has 118 valence electrons. The number of aliphatic hydroxyl groups is 1. The first-order valence-corrected chi connectivity index (χ1v) is 7.80. The second-order valence-corrected chi connectivity index (χ2v) is 6.07. The Kier molecular flexibility index (Phi) is 6.03. The van der Waals surface area contributed by atoms with Crippen molar-refractivity contribution >= 4 is 0 Å². The topological polar surface area (TPSA) is 50.7 Å². The Morgan fingerprint density at radius 1 is 1.29 bits per heavy atom. The summed E-state index contributed by atoms with van der Waals surface area (Å²) in [4.78, 5) is 0. The van der Waals surface area contributed by atoms with Crippen LogP contribution in [0.4, 0.5) is 0 Å². The van der Waals surface area contributed by atoms with Gasteiger partial charge < -0.3 is 19.9 Å². The summed E-state index contributed by atoms with van der Waals surface area (Å²) >= 11 is 0. The molecular weight excluding hydrogens is 266 g/mol. The first-order chi connectivity index (χ1) is 10.1. The molecule has 2 N–H and O–H groups in total. The Balaban J connectivity index is 1.87. The Bertz CT molecular complexity index is 444. The van der Waals surface area contributed by atoms with E-state index in [9.17, 15) is 5.11 Å². The molecule has 0 heterocycles. The van der Waals surface area contributed by atoms with Crippen molar-refractivity contribution in [3.05, 3.63) is 29.3 Å². The smallest absolute Gasteiger partial charge is 0.126 e. The van der Waals surface area contributed by atoms with Crippen LogP contribution < -0.4 is 10.1 Å². The molecule has 1 aromatic carbocycles. The molecule has 0 saturated heterocycles. The van der Waals surface area contributed by atoms with Crippen molar-refractivity contribution in [2.24, 2.45) is 0 Å². The second kappa shape index (κ2) is 7.78. The van der Waals surface area contributed by atoms with E-state index in [1.165, 1.54) is 12.8 Å². The fraction of sp³-hybridized carbons (Fsp3) is 0.647. The van der Waals surface area contributed by atoms with Gasteiger partial charge in [-0.2, -0.15) is 0 Å². The Labute approximate surface area is 127 Å². The lowest BCUT2D eigenvalue weighted by atomic mass is 10.1. The zero-order chi connectivity index (χ0) is 15.2. The predicted octanol–water partition coefficient (Wildman–Crippen LogP) is 2.41. The van der Waals surface area contributed by atoms with Crippen LogP contribution >= 0.6 is 0 Å². The predicted molar refractivity (Wildman–Crippen MR) is 83.6 cm³/mol. The van der Waals surface area contributed by atoms with Crippen molar-refractivity contribution in [3.63, 3.8) is 0 Å². The van der Waals surface area contributed by atoms with E-state index in [0.29, 0.717) is 12.6 Å². The van der Waals surface area contributed by atoms with Crippen molar-refractivity contribution in [3.8, 4) is 5.75 Å². The van der Waals surface area contributed by atoms with E-state index in [4.69, 9.17) is 9.47 Å². The highest BCUT2D eigenvalue weighted by molar-refractivity contribution is 5.40. The van der Waals surface area contributed by atoms with Crippen LogP contribution in [0, 0.1) is 6.92 Å². The zero-order valence-electron chi connectivity index (χ0n) is 13.3. The van der Waals surface area contributed by atoms with Gasteiger partial charge in [0.2, 0.25) is 0 Å². The third-order valence-corrected chi connectivity index (χ3v) is 3.49. The first-order valence-electron chi connectivity index (χ1n) is 7.80. The number of aryl methyl sites for hydroxylation is 1. The van der Waals surface area contributed by atoms with Gasteiger partial charge in [0, 0.05) is 18.2 Å². The number of benzene rings is 1. The zero-order valence-corrected chi connectivity index (χ0v) is 13.3. The normalized spacial score (nSPS) is 16.2. The highest BCUT2D eigenvalue weighted by atomic mass is 16.5. The van der Waals surface area contributed by atoms with Gasteiger partial charge >= 0.3 is 0 Å². The number of rotatable bonds is 9. The van der Waals surface area contributed by atoms with Crippen LogP contribution in [0.3, 0.4) is 0 Å². The highest BCUT2D eigenvalue weighted by Crippen LogP contribution is 2.25. The van der Waals surface area contributed by atoms with Crippen LogP contribution in [-0.2, 0) is 11.3 Å². The van der Waals surface area contributed by atoms with Crippen LogP contribution in [0.25, 0.3) is 0 Å². The van der Waals surface area contributed by atoms with E-state index in [1.807, 2.05) is 32.9 Å². The molecule has 0 spiro atoms. The van der Waals surface area contributed by atoms with E-state index in [2.05, 4.69) is 11.4 Å². The molecule has 21 heavy (non-hydrogen) atoms. The standard InChI is InChI=1S/C17H27NO3/c1-12(2)20-10-16(19)11-21-17-13(3)5-4-6-14(17)9-18-15-7-8-15/h4-6,12,15-16,18-19H,7-11H2,1-3H3. The molecule has 4 heteroatoms. The minimum absolute atomic E-state index is 0.122. The molecule has 1 saturated carbocycles. The lowest BCUT2D eigenvalue weighted by Gasteiger charge is -2.18. The fourth-order valence-corrected chi connectivity index (χ4v) is 2.13. The molecule has 2 rings (SSSR count). The van der Waals surface area contributed by atoms with Crippen molar-refractivity contribution in [1.29, 1.82) is 0 Å². The van der Waals surface area contributed by atoms with Gasteiger partial charge in [-0.1, -0.05) is 18.2 Å². The van der Waals surface area contributed by atoms with Crippen molar-refractivity contribution in [1.82, 2.24) is 5.32 Å². The van der Waals surface area contributed by atoms with Gasteiger partial charge in [0.1, 0.15) is 18.5 Å². The van der Waals surface area contributed by atoms with Crippen LogP contribution in [-0.4, -0.2) is 36.6 Å². The summed E-state index contributed by atoms with van der Waals surface area (Å²) in [6, 6.07) is 6.83. The molecule has 1 aromatic rings. The first kappa shape index (κ1) is 16.3. The summed E-state index contributed by atoms with van der Waals surface area (Å²) < 4.78 is 11.2. The van der Waals surface area contributed by atoms with E-state index in [0.717, 1.165) is 23.4 Å². The average Bonchev–Trinajstić information content (AvgIpc) is 3.26. The third kappa shape index (κ3) is 5.65. The maximum absolute atomic E-state index is 9.90. The maximum Gasteiger partial charge on any atom is 0.126 e. The van der Waals surface area contributed by atoms with E-state index >= 15 is 0 Å². The number of aliphatic hydroxyl groups excluding tert-OH is 1. The molecule has 0 aliphatic heterocycles. The molecular formula is C17H27NO3. The van der Waals surface area contributed by atoms with E-state index in [-0.39, 0.29) is 12.7 Å². The van der Waals surface area contributed by atoms with Crippen LogP contribution in [0.1, 0.15) is 37.8 Å². The molecule has 1 unspecified atom stereocenters. The van der Waals surface area contributed by atoms with E-state index in [1.54, 1.807) is 0 Å². The molecule has 0 aromatic heterocycles. The summed E-state index contributed by atoms with van der Waals surface area (Å²) in [5.41, 5.74) is 2.25. The molecule has 1 fully saturated rings. The van der Waals surface area contributed by atoms with Gasteiger partial charge in [-0.05, 0) is 39.2 Å². The summed E-state index contributed by atoms with van der Waals surface area (Å²) in [7, 11) is 0. The van der Waals surface area contributed by atoms with Crippen molar-refractivity contribution in [2.75, 3.05) is 13.2 Å². The van der Waals surface area contributed by atoms with Crippen LogP contribution in [0.15, 0.2) is 18.2 Å². The van der Waals surface area contributed by atoms with Gasteiger partial charge in [-0.15, -0.1) is 0 Å². The number of hydrogen-bond donors (Lipinski definition) is 2. The van der Waals surface area contributed by atoms with Crippen LogP contribution in [0.2, 0.25) is 0 Å². The second-order valence-electron chi connectivity index (χ2n) is 6.07. The Morgan fingerprint density at radius 2 is 2.05 bits per heavy atom. The summed E-state index contributed by atoms with van der Waals surface area (Å²) in [5.74, 6) is 0.884. The van der Waals surface area contributed by atoms with Gasteiger partial charge in [0.25, 0.3) is 0 Å². The minimum atomic E-state index is -0.601. The highest BCUT2D eigenvalue weighted by Gasteiger charge is 2.21. The Hall–Kier alpha value is -1.10. The third-order valence-electron chi connectivity index (χ3n) is 3.49. The van der Waals surface area contributed by atoms with E-state index < -0.39 is 6.10 Å². The summed E-state index contributed by atoms with van der Waals surface area (Å²) in [5, 5.41) is 13.4. The SMILES string of the molecule is Cc1cccc(CNC2CC2)c1OCC(O)COC(C)C. The molecule has 1 aliphatic rings. The summed E-state index contributed by atoms with van der Waals surface area (Å²) in [6.45, 7) is 7.33. The quantitative estimate of drug-likeness (QED) is 0.734. The monoisotopic (exact) mass is 293 g/mol. The van der Waals surface area contributed by atoms with Gasteiger partial charge in [0.15, 0.2) is 0 Å². The number of ether oxygens (including phenoxy) is 2. The minimum Gasteiger partial charge on any atom is -0.490 e. The van der Waals surface area contributed by atoms with Crippen molar-refractivity contribution < 1.29 is 14.6 Å². The lowest BCUT2D eigenvalue weighted by Crippen LogP contribution is -2.26. The van der Waals surface area contributed by atoms with Gasteiger partial charge in [0.05, 0.1) is 12.7 Å². The van der Waals surface area contributed by atoms with Gasteiger partial charge in [-0.25, -0.2) is 0 Å². The molecule has 4 nitrogen and oxygen atoms in total. The van der Waals surface area contributed by atoms with Crippen molar-refractivity contribution in [2.45, 2.75) is 58.4 Å². The number of hydrogen-bond acceptors (Lipinski definition) is 4. The average molecular weight is 293 g/mol. The molecule has 1 aliphatic carbocycles.